The average molecular weight is 1310 g/mol. The van der Waals surface area contributed by atoms with E-state index in [0.717, 1.165) is 114 Å². The first kappa shape index (κ1) is 87.1. The molecule has 0 saturated carbocycles. The molecular weight excluding hydrogens is 1170 g/mol. The molecule has 0 saturated heterocycles. The Kier molecular flexibility index (Phi) is 59.6. The fourth-order valence-corrected chi connectivity index (χ4v) is 12.1. The van der Waals surface area contributed by atoms with Crippen molar-refractivity contribution in [1.82, 2.24) is 0 Å². The third-order valence-corrected chi connectivity index (χ3v) is 18.4. The minimum Gasteiger partial charge on any atom is -0.462 e. The maximum Gasteiger partial charge on any atom is 0.472 e. The number of esters is 4. The summed E-state index contributed by atoms with van der Waals surface area (Å²) in [6.07, 6.45) is 44.4. The molecule has 0 aliphatic heterocycles. The highest BCUT2D eigenvalue weighted by molar-refractivity contribution is 7.47. The zero-order valence-electron chi connectivity index (χ0n) is 57.9. The molecule has 0 amide bonds. The molecule has 6 atom stereocenters. The lowest BCUT2D eigenvalue weighted by Gasteiger charge is -2.21. The van der Waals surface area contributed by atoms with Gasteiger partial charge >= 0.3 is 39.5 Å². The molecule has 89 heavy (non-hydrogen) atoms. The van der Waals surface area contributed by atoms with E-state index in [4.69, 9.17) is 37.0 Å². The highest BCUT2D eigenvalue weighted by Crippen LogP contribution is 2.45. The number of rotatable bonds is 68. The molecule has 0 fully saturated rings. The summed E-state index contributed by atoms with van der Waals surface area (Å²) in [6, 6.07) is 0. The number of unbranched alkanes of at least 4 members (excludes halogenated alkanes) is 35. The first-order valence-corrected chi connectivity index (χ1v) is 39.4. The van der Waals surface area contributed by atoms with Crippen LogP contribution in [0, 0.1) is 17.8 Å². The standard InChI is InChI=1S/C70H136O17P2/c1-8-10-11-12-13-14-15-16-17-20-23-29-37-44-51-67(72)80-57-65(86-69(74)53-46-39-30-24-21-18-19-22-27-34-41-48-61(3)4)59-84-88(76,77)82-55-64(71)56-83-89(78,79)85-60-66(58-81-68(73)52-45-38-33-32-36-43-50-63(7)9-2)87-70(75)54-47-40-31-26-25-28-35-42-49-62(5)6/h61-66,71H,8-60H2,1-7H3,(H,76,77)(H,78,79)/t63?,64-,65-,66-/m1/s1. The number of aliphatic hydroxyl groups excluding tert-OH is 1. The molecule has 0 aromatic rings. The van der Waals surface area contributed by atoms with Crippen molar-refractivity contribution in [2.24, 2.45) is 17.8 Å². The SMILES string of the molecule is CCCCCCCCCCCCCCCCC(=O)OC[C@H](COP(=O)(O)OC[C@@H](O)COP(=O)(O)OC[C@@H](COC(=O)CCCCCCCCC(C)CC)OC(=O)CCCCCCCCCCC(C)C)OC(=O)CCCCCCCCCCCCCC(C)C. The van der Waals surface area contributed by atoms with Gasteiger partial charge in [0.15, 0.2) is 12.2 Å². The maximum atomic E-state index is 13.0. The Morgan fingerprint density at radius 1 is 0.326 bits per heavy atom. The molecule has 0 aromatic heterocycles. The fourth-order valence-electron chi connectivity index (χ4n) is 10.5. The monoisotopic (exact) mass is 1310 g/mol. The molecule has 19 heteroatoms. The largest absolute Gasteiger partial charge is 0.472 e. The van der Waals surface area contributed by atoms with E-state index < -0.39 is 97.5 Å². The topological polar surface area (TPSA) is 237 Å². The molecular formula is C70H136O17P2. The van der Waals surface area contributed by atoms with E-state index in [-0.39, 0.29) is 25.7 Å². The fraction of sp³-hybridized carbons (Fsp3) is 0.943. The van der Waals surface area contributed by atoms with Crippen LogP contribution in [0.5, 0.6) is 0 Å². The molecule has 0 radical (unpaired) electrons. The molecule has 3 N–H and O–H groups in total. The number of hydrogen-bond acceptors (Lipinski definition) is 15. The van der Waals surface area contributed by atoms with Crippen molar-refractivity contribution in [2.45, 2.75) is 369 Å². The van der Waals surface area contributed by atoms with Gasteiger partial charge in [-0.25, -0.2) is 9.13 Å². The average Bonchev–Trinajstić information content (AvgIpc) is 3.71. The molecule has 0 aliphatic rings. The molecule has 0 spiro atoms. The van der Waals surface area contributed by atoms with E-state index in [1.54, 1.807) is 0 Å². The Morgan fingerprint density at radius 2 is 0.573 bits per heavy atom. The summed E-state index contributed by atoms with van der Waals surface area (Å²) in [6.45, 7) is 11.8. The predicted octanol–water partition coefficient (Wildman–Crippen LogP) is 19.8. The number of phosphoric ester groups is 2. The van der Waals surface area contributed by atoms with Crippen molar-refractivity contribution < 1.29 is 80.2 Å². The minimum atomic E-state index is -4.95. The smallest absolute Gasteiger partial charge is 0.462 e. The van der Waals surface area contributed by atoms with Gasteiger partial charge in [0.05, 0.1) is 26.4 Å². The van der Waals surface area contributed by atoms with Crippen LogP contribution >= 0.6 is 15.6 Å². The van der Waals surface area contributed by atoms with E-state index in [0.29, 0.717) is 25.7 Å². The van der Waals surface area contributed by atoms with Gasteiger partial charge in [-0.05, 0) is 43.4 Å². The summed E-state index contributed by atoms with van der Waals surface area (Å²) in [5, 5.41) is 10.6. The lowest BCUT2D eigenvalue weighted by Crippen LogP contribution is -2.30. The van der Waals surface area contributed by atoms with Crippen LogP contribution in [0.4, 0.5) is 0 Å². The Hall–Kier alpha value is -1.94. The summed E-state index contributed by atoms with van der Waals surface area (Å²) in [7, 11) is -9.90. The quantitative estimate of drug-likeness (QED) is 0.0222. The molecule has 17 nitrogen and oxygen atoms in total. The second-order valence-corrected chi connectivity index (χ2v) is 29.4. The van der Waals surface area contributed by atoms with Crippen LogP contribution in [0.15, 0.2) is 0 Å². The summed E-state index contributed by atoms with van der Waals surface area (Å²) < 4.78 is 68.3. The third-order valence-electron chi connectivity index (χ3n) is 16.5. The van der Waals surface area contributed by atoms with Crippen LogP contribution in [0.1, 0.15) is 350 Å². The van der Waals surface area contributed by atoms with Gasteiger partial charge in [0.1, 0.15) is 19.3 Å². The summed E-state index contributed by atoms with van der Waals surface area (Å²) in [4.78, 5) is 72.5. The first-order chi connectivity index (χ1) is 42.8. The second kappa shape index (κ2) is 61.0. The van der Waals surface area contributed by atoms with Crippen molar-refractivity contribution in [1.29, 1.82) is 0 Å². The molecule has 0 rings (SSSR count). The van der Waals surface area contributed by atoms with Crippen molar-refractivity contribution in [3.05, 3.63) is 0 Å². The Balaban J connectivity index is 5.26. The van der Waals surface area contributed by atoms with Crippen molar-refractivity contribution >= 4 is 39.5 Å². The van der Waals surface area contributed by atoms with Gasteiger partial charge in [0.2, 0.25) is 0 Å². The van der Waals surface area contributed by atoms with E-state index in [1.165, 1.54) is 154 Å². The first-order valence-electron chi connectivity index (χ1n) is 36.4. The normalized spacial score (nSPS) is 14.5. The van der Waals surface area contributed by atoms with Crippen molar-refractivity contribution in [3.8, 4) is 0 Å². The van der Waals surface area contributed by atoms with E-state index >= 15 is 0 Å². The number of carbonyl (C=O) groups excluding carboxylic acids is 4. The number of ether oxygens (including phenoxy) is 4. The van der Waals surface area contributed by atoms with Crippen LogP contribution in [0.2, 0.25) is 0 Å². The van der Waals surface area contributed by atoms with E-state index in [2.05, 4.69) is 48.5 Å². The van der Waals surface area contributed by atoms with Crippen molar-refractivity contribution in [3.63, 3.8) is 0 Å². The van der Waals surface area contributed by atoms with Crippen LogP contribution in [0.3, 0.4) is 0 Å². The number of aliphatic hydroxyl groups is 1. The Bertz CT molecular complexity index is 1750. The van der Waals surface area contributed by atoms with Gasteiger partial charge in [-0.2, -0.15) is 0 Å². The molecule has 3 unspecified atom stereocenters. The number of hydrogen-bond donors (Lipinski definition) is 3. The highest BCUT2D eigenvalue weighted by Gasteiger charge is 2.30. The third kappa shape index (κ3) is 63.2. The molecule has 0 bridgehead atoms. The number of carbonyl (C=O) groups is 4. The van der Waals surface area contributed by atoms with E-state index in [9.17, 15) is 43.2 Å². The summed E-state index contributed by atoms with van der Waals surface area (Å²) in [5.74, 6) is 0.0865. The van der Waals surface area contributed by atoms with Gasteiger partial charge in [-0.15, -0.1) is 0 Å². The summed E-state index contributed by atoms with van der Waals surface area (Å²) in [5.41, 5.74) is 0. The van der Waals surface area contributed by atoms with E-state index in [1.807, 2.05) is 0 Å². The number of phosphoric acid groups is 2. The predicted molar refractivity (Wildman–Crippen MR) is 358 cm³/mol. The molecule has 528 valence electrons. The highest BCUT2D eigenvalue weighted by atomic mass is 31.2. The van der Waals surface area contributed by atoms with Crippen LogP contribution in [-0.2, 0) is 65.4 Å². The molecule has 0 aliphatic carbocycles. The van der Waals surface area contributed by atoms with Gasteiger partial charge < -0.3 is 33.8 Å². The lowest BCUT2D eigenvalue weighted by atomic mass is 10.00. The zero-order valence-corrected chi connectivity index (χ0v) is 59.7. The van der Waals surface area contributed by atoms with Gasteiger partial charge in [-0.1, -0.05) is 299 Å². The Labute approximate surface area is 543 Å². The van der Waals surface area contributed by atoms with Gasteiger partial charge in [0.25, 0.3) is 0 Å². The Morgan fingerprint density at radius 3 is 0.854 bits per heavy atom. The van der Waals surface area contributed by atoms with Crippen molar-refractivity contribution in [2.75, 3.05) is 39.6 Å². The minimum absolute atomic E-state index is 0.103. The molecule has 0 aromatic carbocycles. The van der Waals surface area contributed by atoms with Gasteiger partial charge in [-0.3, -0.25) is 37.3 Å². The van der Waals surface area contributed by atoms with Crippen LogP contribution in [0.25, 0.3) is 0 Å². The molecule has 0 heterocycles. The van der Waals surface area contributed by atoms with Crippen LogP contribution in [-0.4, -0.2) is 96.7 Å². The second-order valence-electron chi connectivity index (χ2n) is 26.5. The maximum absolute atomic E-state index is 13.0. The van der Waals surface area contributed by atoms with Crippen LogP contribution < -0.4 is 0 Å². The zero-order chi connectivity index (χ0) is 65.9. The van der Waals surface area contributed by atoms with Gasteiger partial charge in [0, 0.05) is 25.7 Å². The summed E-state index contributed by atoms with van der Waals surface area (Å²) >= 11 is 0. The lowest BCUT2D eigenvalue weighted by molar-refractivity contribution is -0.161.